The number of carbonyl (C=O) groups is 2. The molecule has 0 saturated heterocycles. The first-order valence-corrected chi connectivity index (χ1v) is 10.7. The van der Waals surface area contributed by atoms with Gasteiger partial charge in [0.05, 0.1) is 39.6 Å². The Bertz CT molecular complexity index is 1270. The van der Waals surface area contributed by atoms with E-state index in [-0.39, 0.29) is 18.1 Å². The van der Waals surface area contributed by atoms with Crippen LogP contribution in [-0.2, 0) is 11.3 Å². The van der Waals surface area contributed by atoms with Crippen LogP contribution in [0.2, 0.25) is 0 Å². The zero-order chi connectivity index (χ0) is 24.9. The first kappa shape index (κ1) is 23.7. The van der Waals surface area contributed by atoms with Crippen LogP contribution >= 0.6 is 0 Å². The van der Waals surface area contributed by atoms with Gasteiger partial charge >= 0.3 is 5.97 Å². The summed E-state index contributed by atoms with van der Waals surface area (Å²) >= 11 is 0. The van der Waals surface area contributed by atoms with Crippen LogP contribution in [0.15, 0.2) is 60.4 Å². The standard InChI is InChI=1S/C27H24O8/c1-30-23-12-17(13-24(31-2)26(23)32-3)11-22-25(28)20-10-9-19(14-21(20)35-22)34-15-16-5-7-18(8-6-16)27(29)33-4/h5-14H,15H2,1-4H3/b22-11-. The fourth-order valence-electron chi connectivity index (χ4n) is 3.61. The first-order valence-electron chi connectivity index (χ1n) is 10.7. The summed E-state index contributed by atoms with van der Waals surface area (Å²) in [6.45, 7) is 0.280. The number of hydrogen-bond donors (Lipinski definition) is 0. The molecule has 8 heteroatoms. The number of Topliss-reactive ketones (excluding diaryl/α,β-unsaturated/α-hetero) is 1. The summed E-state index contributed by atoms with van der Waals surface area (Å²) in [6, 6.07) is 15.4. The Morgan fingerprint density at radius 3 is 2.17 bits per heavy atom. The highest BCUT2D eigenvalue weighted by molar-refractivity contribution is 6.14. The lowest BCUT2D eigenvalue weighted by molar-refractivity contribution is 0.0600. The van der Waals surface area contributed by atoms with Crippen LogP contribution in [0.4, 0.5) is 0 Å². The number of allylic oxidation sites excluding steroid dienone is 1. The summed E-state index contributed by atoms with van der Waals surface area (Å²) in [5, 5.41) is 0. The lowest BCUT2D eigenvalue weighted by atomic mass is 10.1. The molecule has 0 atom stereocenters. The summed E-state index contributed by atoms with van der Waals surface area (Å²) in [4.78, 5) is 24.4. The molecule has 3 aromatic rings. The third-order valence-corrected chi connectivity index (χ3v) is 5.41. The molecule has 35 heavy (non-hydrogen) atoms. The minimum atomic E-state index is -0.395. The third kappa shape index (κ3) is 4.91. The number of ether oxygens (including phenoxy) is 6. The van der Waals surface area contributed by atoms with Crippen LogP contribution in [0.5, 0.6) is 28.7 Å². The van der Waals surface area contributed by atoms with E-state index in [2.05, 4.69) is 0 Å². The van der Waals surface area contributed by atoms with Gasteiger partial charge < -0.3 is 28.4 Å². The SMILES string of the molecule is COC(=O)c1ccc(COc2ccc3c(c2)O/C(=C\c2cc(OC)c(OC)c(OC)c2)C3=O)cc1. The number of ketones is 1. The normalized spacial score (nSPS) is 13.1. The smallest absolute Gasteiger partial charge is 0.337 e. The van der Waals surface area contributed by atoms with Crippen molar-refractivity contribution >= 4 is 17.8 Å². The zero-order valence-corrected chi connectivity index (χ0v) is 19.7. The number of benzene rings is 3. The van der Waals surface area contributed by atoms with E-state index in [0.29, 0.717) is 45.4 Å². The maximum absolute atomic E-state index is 12.9. The molecule has 0 spiro atoms. The number of hydrogen-bond acceptors (Lipinski definition) is 8. The molecule has 1 heterocycles. The molecule has 0 N–H and O–H groups in total. The molecule has 0 radical (unpaired) electrons. The summed E-state index contributed by atoms with van der Waals surface area (Å²) in [7, 11) is 5.91. The third-order valence-electron chi connectivity index (χ3n) is 5.41. The van der Waals surface area contributed by atoms with Crippen molar-refractivity contribution < 1.29 is 38.0 Å². The molecule has 180 valence electrons. The van der Waals surface area contributed by atoms with Gasteiger partial charge in [0.25, 0.3) is 0 Å². The van der Waals surface area contributed by atoms with E-state index >= 15 is 0 Å². The van der Waals surface area contributed by atoms with E-state index in [1.165, 1.54) is 28.4 Å². The molecule has 1 aliphatic rings. The molecule has 0 saturated carbocycles. The zero-order valence-electron chi connectivity index (χ0n) is 19.7. The quantitative estimate of drug-likeness (QED) is 0.342. The average Bonchev–Trinajstić information content (AvgIpc) is 3.20. The van der Waals surface area contributed by atoms with Gasteiger partial charge in [0, 0.05) is 6.07 Å². The van der Waals surface area contributed by atoms with Gasteiger partial charge in [-0.25, -0.2) is 4.79 Å². The molecule has 3 aromatic carbocycles. The van der Waals surface area contributed by atoms with Crippen molar-refractivity contribution in [1.82, 2.24) is 0 Å². The molecule has 0 aliphatic carbocycles. The number of methoxy groups -OCH3 is 4. The molecule has 0 fully saturated rings. The van der Waals surface area contributed by atoms with E-state index in [1.807, 2.05) is 0 Å². The molecular formula is C27H24O8. The molecule has 0 bridgehead atoms. The largest absolute Gasteiger partial charge is 0.493 e. The van der Waals surface area contributed by atoms with E-state index in [0.717, 1.165) is 5.56 Å². The fourth-order valence-corrected chi connectivity index (χ4v) is 3.61. The van der Waals surface area contributed by atoms with E-state index in [9.17, 15) is 9.59 Å². The molecule has 0 aromatic heterocycles. The maximum Gasteiger partial charge on any atom is 0.337 e. The second kappa shape index (κ2) is 10.2. The van der Waals surface area contributed by atoms with Gasteiger partial charge in [-0.05, 0) is 53.6 Å². The van der Waals surface area contributed by atoms with Crippen LogP contribution in [-0.4, -0.2) is 40.2 Å². The van der Waals surface area contributed by atoms with Crippen LogP contribution in [0.25, 0.3) is 6.08 Å². The first-order chi connectivity index (χ1) is 17.0. The van der Waals surface area contributed by atoms with E-state index < -0.39 is 5.97 Å². The van der Waals surface area contributed by atoms with Crippen LogP contribution in [0.3, 0.4) is 0 Å². The van der Waals surface area contributed by atoms with Gasteiger partial charge in [-0.1, -0.05) is 12.1 Å². The van der Waals surface area contributed by atoms with Crippen molar-refractivity contribution in [3.05, 3.63) is 82.6 Å². The number of rotatable bonds is 8. The van der Waals surface area contributed by atoms with Gasteiger partial charge in [-0.3, -0.25) is 4.79 Å². The average molecular weight is 476 g/mol. The van der Waals surface area contributed by atoms with Crippen molar-refractivity contribution in [3.8, 4) is 28.7 Å². The topological polar surface area (TPSA) is 89.5 Å². The van der Waals surface area contributed by atoms with Gasteiger partial charge in [0.1, 0.15) is 18.1 Å². The molecular weight excluding hydrogens is 452 g/mol. The van der Waals surface area contributed by atoms with Crippen molar-refractivity contribution in [1.29, 1.82) is 0 Å². The molecule has 0 unspecified atom stereocenters. The van der Waals surface area contributed by atoms with Crippen molar-refractivity contribution in [2.45, 2.75) is 6.61 Å². The molecule has 4 rings (SSSR count). The Kier molecular flexibility index (Phi) is 6.91. The second-order valence-corrected chi connectivity index (χ2v) is 7.53. The maximum atomic E-state index is 12.9. The Labute approximate surface area is 202 Å². The summed E-state index contributed by atoms with van der Waals surface area (Å²) in [6.07, 6.45) is 1.62. The number of esters is 1. The van der Waals surface area contributed by atoms with Gasteiger partial charge in [0.15, 0.2) is 17.3 Å². The van der Waals surface area contributed by atoms with Crippen LogP contribution in [0, 0.1) is 0 Å². The Morgan fingerprint density at radius 2 is 1.57 bits per heavy atom. The highest BCUT2D eigenvalue weighted by atomic mass is 16.5. The monoisotopic (exact) mass is 476 g/mol. The lowest BCUT2D eigenvalue weighted by Gasteiger charge is -2.13. The minimum absolute atomic E-state index is 0.171. The Hall–Kier alpha value is -4.46. The molecule has 1 aliphatic heterocycles. The fraction of sp³-hybridized carbons (Fsp3) is 0.185. The minimum Gasteiger partial charge on any atom is -0.493 e. The molecule has 0 amide bonds. The van der Waals surface area contributed by atoms with Crippen molar-refractivity contribution in [2.24, 2.45) is 0 Å². The predicted molar refractivity (Wildman–Crippen MR) is 128 cm³/mol. The summed E-state index contributed by atoms with van der Waals surface area (Å²) < 4.78 is 32.5. The second-order valence-electron chi connectivity index (χ2n) is 7.53. The Balaban J connectivity index is 1.50. The van der Waals surface area contributed by atoms with Crippen molar-refractivity contribution in [3.63, 3.8) is 0 Å². The number of fused-ring (bicyclic) bond motifs is 1. The molecule has 8 nitrogen and oxygen atoms in total. The number of carbonyl (C=O) groups excluding carboxylic acids is 2. The van der Waals surface area contributed by atoms with E-state index in [4.69, 9.17) is 28.4 Å². The van der Waals surface area contributed by atoms with Crippen LogP contribution in [0.1, 0.15) is 31.8 Å². The summed E-state index contributed by atoms with van der Waals surface area (Å²) in [5.74, 6) is 1.89. The van der Waals surface area contributed by atoms with Crippen molar-refractivity contribution in [2.75, 3.05) is 28.4 Å². The predicted octanol–water partition coefficient (Wildman–Crippen LogP) is 4.69. The highest BCUT2D eigenvalue weighted by Crippen LogP contribution is 2.40. The van der Waals surface area contributed by atoms with Crippen LogP contribution < -0.4 is 23.7 Å². The van der Waals surface area contributed by atoms with Gasteiger partial charge in [-0.2, -0.15) is 0 Å². The Morgan fingerprint density at radius 1 is 0.886 bits per heavy atom. The van der Waals surface area contributed by atoms with Gasteiger partial charge in [0.2, 0.25) is 11.5 Å². The highest BCUT2D eigenvalue weighted by Gasteiger charge is 2.28. The van der Waals surface area contributed by atoms with Gasteiger partial charge in [-0.15, -0.1) is 0 Å². The summed E-state index contributed by atoms with van der Waals surface area (Å²) in [5.41, 5.74) is 2.44. The van der Waals surface area contributed by atoms with E-state index in [1.54, 1.807) is 60.7 Å². The lowest BCUT2D eigenvalue weighted by Crippen LogP contribution is -2.02.